The minimum atomic E-state index is -0.0414. The number of fused-ring (bicyclic) bond motifs is 1. The molecule has 2 heteroatoms. The smallest absolute Gasteiger partial charge is 0.128 e. The molecule has 0 amide bonds. The third kappa shape index (κ3) is 1.85. The summed E-state index contributed by atoms with van der Waals surface area (Å²) in [7, 11) is 0. The maximum Gasteiger partial charge on any atom is 0.128 e. The van der Waals surface area contributed by atoms with Crippen molar-refractivity contribution in [3.05, 3.63) is 29.3 Å². The molecule has 0 aromatic heterocycles. The SMILES string of the molecule is CC1CCNC1c1cccc2c1OC(C)(C)C2. The van der Waals surface area contributed by atoms with Crippen molar-refractivity contribution >= 4 is 0 Å². The van der Waals surface area contributed by atoms with Crippen molar-refractivity contribution in [2.24, 2.45) is 5.92 Å². The Balaban J connectivity index is 2.00. The molecule has 2 unspecified atom stereocenters. The summed E-state index contributed by atoms with van der Waals surface area (Å²) in [6.07, 6.45) is 2.29. The Morgan fingerprint density at radius 2 is 2.18 bits per heavy atom. The molecule has 17 heavy (non-hydrogen) atoms. The lowest BCUT2D eigenvalue weighted by atomic mass is 9.93. The number of ether oxygens (including phenoxy) is 1. The molecule has 1 fully saturated rings. The van der Waals surface area contributed by atoms with Crippen LogP contribution in [0.4, 0.5) is 0 Å². The van der Waals surface area contributed by atoms with Crippen molar-refractivity contribution in [1.82, 2.24) is 5.32 Å². The lowest BCUT2D eigenvalue weighted by Crippen LogP contribution is -2.25. The van der Waals surface area contributed by atoms with Gasteiger partial charge in [-0.15, -0.1) is 0 Å². The average Bonchev–Trinajstić information content (AvgIpc) is 2.78. The average molecular weight is 231 g/mol. The fourth-order valence-corrected chi connectivity index (χ4v) is 3.14. The minimum absolute atomic E-state index is 0.0414. The Morgan fingerprint density at radius 3 is 2.88 bits per heavy atom. The van der Waals surface area contributed by atoms with Crippen LogP contribution in [0.15, 0.2) is 18.2 Å². The molecule has 3 rings (SSSR count). The van der Waals surface area contributed by atoms with Crippen LogP contribution < -0.4 is 10.1 Å². The molecular formula is C15H21NO. The number of hydrogen-bond acceptors (Lipinski definition) is 2. The molecule has 92 valence electrons. The van der Waals surface area contributed by atoms with Crippen LogP contribution in [0.2, 0.25) is 0 Å². The summed E-state index contributed by atoms with van der Waals surface area (Å²) in [4.78, 5) is 0. The van der Waals surface area contributed by atoms with Crippen LogP contribution in [0, 0.1) is 5.92 Å². The summed E-state index contributed by atoms with van der Waals surface area (Å²) >= 11 is 0. The highest BCUT2D eigenvalue weighted by atomic mass is 16.5. The van der Waals surface area contributed by atoms with Gasteiger partial charge in [-0.25, -0.2) is 0 Å². The molecule has 2 nitrogen and oxygen atoms in total. The van der Waals surface area contributed by atoms with E-state index in [-0.39, 0.29) is 5.60 Å². The standard InChI is InChI=1S/C15H21NO/c1-10-7-8-16-13(10)12-6-4-5-11-9-15(2,3)17-14(11)12/h4-6,10,13,16H,7-9H2,1-3H3. The molecule has 0 radical (unpaired) electrons. The first kappa shape index (κ1) is 11.1. The third-order valence-electron chi connectivity index (χ3n) is 3.99. The highest BCUT2D eigenvalue weighted by molar-refractivity contribution is 5.47. The zero-order chi connectivity index (χ0) is 12.0. The largest absolute Gasteiger partial charge is 0.487 e. The van der Waals surface area contributed by atoms with Crippen LogP contribution in [-0.2, 0) is 6.42 Å². The van der Waals surface area contributed by atoms with Gasteiger partial charge in [0.15, 0.2) is 0 Å². The van der Waals surface area contributed by atoms with Crippen molar-refractivity contribution in [3.63, 3.8) is 0 Å². The Bertz CT molecular complexity index is 439. The minimum Gasteiger partial charge on any atom is -0.487 e. The number of para-hydroxylation sites is 1. The molecule has 2 heterocycles. The summed E-state index contributed by atoms with van der Waals surface area (Å²) in [5.41, 5.74) is 2.69. The molecule has 0 spiro atoms. The predicted molar refractivity (Wildman–Crippen MR) is 69.4 cm³/mol. The lowest BCUT2D eigenvalue weighted by Gasteiger charge is -2.22. The molecule has 0 aliphatic carbocycles. The molecule has 1 aromatic rings. The fraction of sp³-hybridized carbons (Fsp3) is 0.600. The van der Waals surface area contributed by atoms with Crippen molar-refractivity contribution in [2.75, 3.05) is 6.54 Å². The van der Waals surface area contributed by atoms with Gasteiger partial charge < -0.3 is 10.1 Å². The first-order valence-corrected chi connectivity index (χ1v) is 6.61. The summed E-state index contributed by atoms with van der Waals surface area (Å²) < 4.78 is 6.15. The van der Waals surface area contributed by atoms with Gasteiger partial charge in [-0.1, -0.05) is 25.1 Å². The molecule has 1 saturated heterocycles. The Morgan fingerprint density at radius 1 is 1.35 bits per heavy atom. The van der Waals surface area contributed by atoms with E-state index >= 15 is 0 Å². The van der Waals surface area contributed by atoms with E-state index in [1.54, 1.807) is 0 Å². The normalized spacial score (nSPS) is 30.1. The van der Waals surface area contributed by atoms with Crippen LogP contribution in [0.1, 0.15) is 44.4 Å². The number of hydrogen-bond donors (Lipinski definition) is 1. The zero-order valence-electron chi connectivity index (χ0n) is 10.9. The van der Waals surface area contributed by atoms with Crippen LogP contribution in [0.3, 0.4) is 0 Å². The molecular weight excluding hydrogens is 210 g/mol. The quantitative estimate of drug-likeness (QED) is 0.802. The van der Waals surface area contributed by atoms with E-state index in [1.165, 1.54) is 17.5 Å². The maximum absolute atomic E-state index is 6.15. The van der Waals surface area contributed by atoms with Gasteiger partial charge in [-0.3, -0.25) is 0 Å². The van der Waals surface area contributed by atoms with Crippen LogP contribution in [-0.4, -0.2) is 12.1 Å². The van der Waals surface area contributed by atoms with E-state index in [4.69, 9.17) is 4.74 Å². The predicted octanol–water partition coefficient (Wildman–Crippen LogP) is 3.07. The molecule has 2 aliphatic rings. The van der Waals surface area contributed by atoms with Gasteiger partial charge in [0.2, 0.25) is 0 Å². The highest BCUT2D eigenvalue weighted by Gasteiger charge is 2.35. The fourth-order valence-electron chi connectivity index (χ4n) is 3.14. The van der Waals surface area contributed by atoms with Gasteiger partial charge in [0.1, 0.15) is 11.4 Å². The van der Waals surface area contributed by atoms with Crippen LogP contribution in [0.25, 0.3) is 0 Å². The van der Waals surface area contributed by atoms with E-state index in [0.717, 1.165) is 18.7 Å². The second-order valence-electron chi connectivity index (χ2n) is 6.07. The Hall–Kier alpha value is -1.02. The first-order chi connectivity index (χ1) is 8.07. The second kappa shape index (κ2) is 3.74. The van der Waals surface area contributed by atoms with Gasteiger partial charge in [0.05, 0.1) is 0 Å². The molecule has 2 atom stereocenters. The Kier molecular flexibility index (Phi) is 2.44. The van der Waals surface area contributed by atoms with Gasteiger partial charge in [0.25, 0.3) is 0 Å². The van der Waals surface area contributed by atoms with E-state index < -0.39 is 0 Å². The number of nitrogens with one attached hydrogen (secondary N) is 1. The van der Waals surface area contributed by atoms with Crippen LogP contribution in [0.5, 0.6) is 5.75 Å². The van der Waals surface area contributed by atoms with E-state index in [9.17, 15) is 0 Å². The van der Waals surface area contributed by atoms with Gasteiger partial charge in [0, 0.05) is 18.0 Å². The van der Waals surface area contributed by atoms with E-state index in [2.05, 4.69) is 44.3 Å². The summed E-state index contributed by atoms with van der Waals surface area (Å²) in [6.45, 7) is 7.79. The van der Waals surface area contributed by atoms with E-state index in [1.807, 2.05) is 0 Å². The molecule has 1 aromatic carbocycles. The summed E-state index contributed by atoms with van der Waals surface area (Å²) in [5, 5.41) is 3.60. The first-order valence-electron chi connectivity index (χ1n) is 6.61. The van der Waals surface area contributed by atoms with Crippen molar-refractivity contribution in [3.8, 4) is 5.75 Å². The molecule has 0 bridgehead atoms. The van der Waals surface area contributed by atoms with Gasteiger partial charge in [-0.05, 0) is 38.3 Å². The van der Waals surface area contributed by atoms with Gasteiger partial charge in [-0.2, -0.15) is 0 Å². The van der Waals surface area contributed by atoms with Gasteiger partial charge >= 0.3 is 0 Å². The van der Waals surface area contributed by atoms with Crippen LogP contribution >= 0.6 is 0 Å². The second-order valence-corrected chi connectivity index (χ2v) is 6.07. The molecule has 2 aliphatic heterocycles. The van der Waals surface area contributed by atoms with Crippen molar-refractivity contribution < 1.29 is 4.74 Å². The summed E-state index contributed by atoms with van der Waals surface area (Å²) in [6, 6.07) is 7.07. The highest BCUT2D eigenvalue weighted by Crippen LogP contribution is 2.43. The third-order valence-corrected chi connectivity index (χ3v) is 3.99. The Labute approximate surface area is 103 Å². The summed E-state index contributed by atoms with van der Waals surface area (Å²) in [5.74, 6) is 1.84. The van der Waals surface area contributed by atoms with Crippen molar-refractivity contribution in [1.29, 1.82) is 0 Å². The van der Waals surface area contributed by atoms with Crippen molar-refractivity contribution in [2.45, 2.75) is 45.3 Å². The number of benzene rings is 1. The lowest BCUT2D eigenvalue weighted by molar-refractivity contribution is 0.136. The molecule has 0 saturated carbocycles. The zero-order valence-corrected chi connectivity index (χ0v) is 10.9. The monoisotopic (exact) mass is 231 g/mol. The molecule has 1 N–H and O–H groups in total. The number of rotatable bonds is 1. The van der Waals surface area contributed by atoms with E-state index in [0.29, 0.717) is 12.0 Å². The maximum atomic E-state index is 6.15. The topological polar surface area (TPSA) is 21.3 Å².